The molecule has 1 aromatic carbocycles. The molecule has 3 aromatic heterocycles. The highest BCUT2D eigenvalue weighted by atomic mass is 32.2. The van der Waals surface area contributed by atoms with Gasteiger partial charge in [-0.1, -0.05) is 30.0 Å². The maximum absolute atomic E-state index is 12.2. The van der Waals surface area contributed by atoms with Gasteiger partial charge in [0.05, 0.1) is 16.1 Å². The number of rotatable bonds is 7. The molecule has 0 saturated heterocycles. The normalized spacial score (nSPS) is 11.1. The molecule has 0 saturated carbocycles. The fourth-order valence-corrected chi connectivity index (χ4v) is 4.31. The Morgan fingerprint density at radius 3 is 2.86 bits per heavy atom. The highest BCUT2D eigenvalue weighted by molar-refractivity contribution is 7.99. The van der Waals surface area contributed by atoms with Crippen LogP contribution in [0.25, 0.3) is 21.6 Å². The third kappa shape index (κ3) is 4.22. The van der Waals surface area contributed by atoms with Crippen LogP contribution in [0.4, 0.5) is 5.82 Å². The standard InChI is InChI=1S/C19H18N6O2S2/c1-2-25-18(14-8-5-9-28-14)23-24-19(25)29-11-16(26)27-10-15-21-13-7-4-3-6-12(13)17(20)22-15/h3-9H,2,10-11H2,1H3,(H2,20,21,22). The van der Waals surface area contributed by atoms with E-state index >= 15 is 0 Å². The van der Waals surface area contributed by atoms with Gasteiger partial charge in [0.15, 0.2) is 23.4 Å². The Morgan fingerprint density at radius 1 is 1.21 bits per heavy atom. The number of carbonyl (C=O) groups is 1. The molecule has 4 rings (SSSR count). The van der Waals surface area contributed by atoms with Gasteiger partial charge >= 0.3 is 5.97 Å². The lowest BCUT2D eigenvalue weighted by molar-refractivity contribution is -0.141. The van der Waals surface area contributed by atoms with Crippen molar-refractivity contribution >= 4 is 45.8 Å². The summed E-state index contributed by atoms with van der Waals surface area (Å²) in [5.74, 6) is 1.28. The number of thioether (sulfide) groups is 1. The number of nitrogens with zero attached hydrogens (tertiary/aromatic N) is 5. The number of esters is 1. The number of thiophene rings is 1. The molecule has 2 N–H and O–H groups in total. The van der Waals surface area contributed by atoms with Crippen LogP contribution in [0.2, 0.25) is 0 Å². The van der Waals surface area contributed by atoms with Gasteiger partial charge < -0.3 is 15.0 Å². The molecule has 8 nitrogen and oxygen atoms in total. The predicted octanol–water partition coefficient (Wildman–Crippen LogP) is 3.39. The van der Waals surface area contributed by atoms with E-state index in [1.165, 1.54) is 11.8 Å². The average molecular weight is 427 g/mol. The first-order chi connectivity index (χ1) is 14.2. The molecule has 0 amide bonds. The van der Waals surface area contributed by atoms with Crippen LogP contribution in [-0.4, -0.2) is 36.5 Å². The van der Waals surface area contributed by atoms with E-state index < -0.39 is 0 Å². The average Bonchev–Trinajstić information content (AvgIpc) is 3.40. The SMILES string of the molecule is CCn1c(SCC(=O)OCc2nc(N)c3ccccc3n2)nnc1-c1cccs1. The molecule has 0 aliphatic rings. The lowest BCUT2D eigenvalue weighted by Crippen LogP contribution is -2.11. The molecule has 148 valence electrons. The van der Waals surface area contributed by atoms with Crippen LogP contribution in [0.3, 0.4) is 0 Å². The first-order valence-corrected chi connectivity index (χ1v) is 10.8. The summed E-state index contributed by atoms with van der Waals surface area (Å²) in [6.07, 6.45) is 0. The molecule has 3 heterocycles. The maximum atomic E-state index is 12.2. The van der Waals surface area contributed by atoms with Crippen LogP contribution in [0, 0.1) is 0 Å². The summed E-state index contributed by atoms with van der Waals surface area (Å²) in [6.45, 7) is 2.70. The van der Waals surface area contributed by atoms with Gasteiger partial charge in [-0.3, -0.25) is 4.79 Å². The van der Waals surface area contributed by atoms with Crippen molar-refractivity contribution < 1.29 is 9.53 Å². The van der Waals surface area contributed by atoms with Crippen LogP contribution < -0.4 is 5.73 Å². The summed E-state index contributed by atoms with van der Waals surface area (Å²) in [5, 5.41) is 11.9. The van der Waals surface area contributed by atoms with Crippen molar-refractivity contribution in [2.45, 2.75) is 25.2 Å². The maximum Gasteiger partial charge on any atom is 0.316 e. The monoisotopic (exact) mass is 426 g/mol. The molecule has 29 heavy (non-hydrogen) atoms. The highest BCUT2D eigenvalue weighted by Gasteiger charge is 2.16. The molecule has 0 aliphatic heterocycles. The number of carbonyl (C=O) groups excluding carboxylic acids is 1. The minimum absolute atomic E-state index is 0.0324. The molecular formula is C19H18N6O2S2. The molecule has 0 fully saturated rings. The van der Waals surface area contributed by atoms with E-state index in [0.29, 0.717) is 23.3 Å². The number of anilines is 1. The lowest BCUT2D eigenvalue weighted by Gasteiger charge is -2.07. The van der Waals surface area contributed by atoms with Crippen molar-refractivity contribution in [3.8, 4) is 10.7 Å². The number of nitrogen functional groups attached to an aromatic ring is 1. The summed E-state index contributed by atoms with van der Waals surface area (Å²) in [7, 11) is 0. The van der Waals surface area contributed by atoms with Crippen LogP contribution in [0.1, 0.15) is 12.7 Å². The van der Waals surface area contributed by atoms with E-state index in [2.05, 4.69) is 20.2 Å². The molecule has 0 aliphatic carbocycles. The Kier molecular flexibility index (Phi) is 5.72. The van der Waals surface area contributed by atoms with Gasteiger partial charge in [-0.15, -0.1) is 21.5 Å². The fourth-order valence-electron chi connectivity index (χ4n) is 2.79. The van der Waals surface area contributed by atoms with E-state index in [9.17, 15) is 4.79 Å². The Morgan fingerprint density at radius 2 is 2.07 bits per heavy atom. The molecule has 0 radical (unpaired) electrons. The van der Waals surface area contributed by atoms with Gasteiger partial charge in [0.25, 0.3) is 0 Å². The first-order valence-electron chi connectivity index (χ1n) is 8.92. The van der Waals surface area contributed by atoms with Crippen molar-refractivity contribution in [1.82, 2.24) is 24.7 Å². The summed E-state index contributed by atoms with van der Waals surface area (Å²) in [4.78, 5) is 21.8. The third-order valence-electron chi connectivity index (χ3n) is 4.14. The minimum Gasteiger partial charge on any atom is -0.457 e. The number of nitrogens with two attached hydrogens (primary N) is 1. The van der Waals surface area contributed by atoms with Crippen molar-refractivity contribution in [2.24, 2.45) is 0 Å². The lowest BCUT2D eigenvalue weighted by atomic mass is 10.2. The summed E-state index contributed by atoms with van der Waals surface area (Å²) < 4.78 is 7.29. The molecule has 0 spiro atoms. The van der Waals surface area contributed by atoms with Crippen molar-refractivity contribution in [1.29, 1.82) is 0 Å². The van der Waals surface area contributed by atoms with Gasteiger partial charge in [-0.05, 0) is 30.5 Å². The number of aromatic nitrogens is 5. The predicted molar refractivity (Wildman–Crippen MR) is 113 cm³/mol. The van der Waals surface area contributed by atoms with Crippen LogP contribution in [-0.2, 0) is 22.7 Å². The van der Waals surface area contributed by atoms with Crippen molar-refractivity contribution in [3.63, 3.8) is 0 Å². The zero-order valence-corrected chi connectivity index (χ0v) is 17.2. The molecule has 4 aromatic rings. The van der Waals surface area contributed by atoms with E-state index in [0.717, 1.165) is 21.6 Å². The zero-order valence-electron chi connectivity index (χ0n) is 15.6. The molecule has 0 unspecified atom stereocenters. The fraction of sp³-hybridized carbons (Fsp3) is 0.211. The molecule has 10 heteroatoms. The topological polar surface area (TPSA) is 109 Å². The number of para-hydroxylation sites is 1. The van der Waals surface area contributed by atoms with E-state index in [1.54, 1.807) is 11.3 Å². The third-order valence-corrected chi connectivity index (χ3v) is 5.94. The van der Waals surface area contributed by atoms with Crippen molar-refractivity contribution in [2.75, 3.05) is 11.5 Å². The van der Waals surface area contributed by atoms with Crippen LogP contribution in [0.15, 0.2) is 46.9 Å². The Labute approximate surface area is 175 Å². The number of fused-ring (bicyclic) bond motifs is 1. The molecule has 0 bridgehead atoms. The van der Waals surface area contributed by atoms with Gasteiger partial charge in [0.2, 0.25) is 0 Å². The van der Waals surface area contributed by atoms with E-state index in [1.807, 2.05) is 53.3 Å². The highest BCUT2D eigenvalue weighted by Crippen LogP contribution is 2.27. The Hall–Kier alpha value is -2.98. The second kappa shape index (κ2) is 8.58. The second-order valence-corrected chi connectivity index (χ2v) is 7.91. The molecular weight excluding hydrogens is 408 g/mol. The van der Waals surface area contributed by atoms with Crippen LogP contribution >= 0.6 is 23.1 Å². The number of ether oxygens (including phenoxy) is 1. The zero-order chi connectivity index (χ0) is 20.2. The Balaban J connectivity index is 1.37. The quantitative estimate of drug-likeness (QED) is 0.354. The first kappa shape index (κ1) is 19.3. The van der Waals surface area contributed by atoms with Gasteiger partial charge in [-0.25, -0.2) is 9.97 Å². The summed E-state index contributed by atoms with van der Waals surface area (Å²) in [5.41, 5.74) is 6.68. The number of hydrogen-bond acceptors (Lipinski definition) is 9. The van der Waals surface area contributed by atoms with Gasteiger partial charge in [-0.2, -0.15) is 0 Å². The van der Waals surface area contributed by atoms with Crippen molar-refractivity contribution in [3.05, 3.63) is 47.6 Å². The van der Waals surface area contributed by atoms with E-state index in [4.69, 9.17) is 10.5 Å². The summed E-state index contributed by atoms with van der Waals surface area (Å²) in [6, 6.07) is 11.4. The second-order valence-electron chi connectivity index (χ2n) is 6.02. The minimum atomic E-state index is -0.381. The van der Waals surface area contributed by atoms with Gasteiger partial charge in [0.1, 0.15) is 5.82 Å². The number of hydrogen-bond donors (Lipinski definition) is 1. The molecule has 0 atom stereocenters. The Bertz CT molecular complexity index is 1140. The van der Waals surface area contributed by atoms with E-state index in [-0.39, 0.29) is 18.3 Å². The largest absolute Gasteiger partial charge is 0.457 e. The van der Waals surface area contributed by atoms with Crippen LogP contribution in [0.5, 0.6) is 0 Å². The smallest absolute Gasteiger partial charge is 0.316 e. The summed E-state index contributed by atoms with van der Waals surface area (Å²) >= 11 is 2.90. The number of benzene rings is 1. The van der Waals surface area contributed by atoms with Gasteiger partial charge in [0, 0.05) is 11.9 Å².